The summed E-state index contributed by atoms with van der Waals surface area (Å²) >= 11 is 0. The normalized spacial score (nSPS) is 10.1. The van der Waals surface area contributed by atoms with Gasteiger partial charge in [0.25, 0.3) is 11.6 Å². The average Bonchev–Trinajstić information content (AvgIpc) is 2.78. The van der Waals surface area contributed by atoms with Gasteiger partial charge in [0, 0.05) is 6.07 Å². The van der Waals surface area contributed by atoms with Crippen LogP contribution in [-0.2, 0) is 0 Å². The molecule has 1 aromatic carbocycles. The molecule has 0 unspecified atom stereocenters. The van der Waals surface area contributed by atoms with Crippen LogP contribution in [0.3, 0.4) is 0 Å². The Kier molecular flexibility index (Phi) is 2.61. The number of carbonyl (C=O) groups excluding carboxylic acids is 1. The van der Waals surface area contributed by atoms with Crippen LogP contribution in [0.15, 0.2) is 40.8 Å². The second kappa shape index (κ2) is 4.09. The number of hydrogen-bond donors (Lipinski definition) is 1. The number of nitro groups is 1. The Balaban J connectivity index is 2.52. The van der Waals surface area contributed by atoms with Crippen molar-refractivity contribution in [1.82, 2.24) is 0 Å². The van der Waals surface area contributed by atoms with Crippen molar-refractivity contribution >= 4 is 11.6 Å². The minimum absolute atomic E-state index is 0.0295. The standard InChI is InChI=1S/C11H8N2O4/c12-11(14)10-6-5-9(17-10)7-3-1-2-4-8(7)13(15)16/h1-6H,(H2,12,14). The van der Waals surface area contributed by atoms with Gasteiger partial charge in [0.1, 0.15) is 5.76 Å². The number of furan rings is 1. The predicted molar refractivity (Wildman–Crippen MR) is 59.3 cm³/mol. The Bertz CT molecular complexity index is 589. The van der Waals surface area contributed by atoms with Gasteiger partial charge in [-0.2, -0.15) is 0 Å². The van der Waals surface area contributed by atoms with Crippen molar-refractivity contribution in [1.29, 1.82) is 0 Å². The minimum Gasteiger partial charge on any atom is -0.451 e. The molecule has 0 saturated heterocycles. The maximum Gasteiger partial charge on any atom is 0.284 e. The highest BCUT2D eigenvalue weighted by atomic mass is 16.6. The van der Waals surface area contributed by atoms with Crippen molar-refractivity contribution in [3.05, 3.63) is 52.3 Å². The number of nitro benzene ring substituents is 1. The topological polar surface area (TPSA) is 99.4 Å². The fourth-order valence-electron chi connectivity index (χ4n) is 1.46. The van der Waals surface area contributed by atoms with Crippen LogP contribution in [0, 0.1) is 10.1 Å². The van der Waals surface area contributed by atoms with Crippen LogP contribution < -0.4 is 5.73 Å². The summed E-state index contributed by atoms with van der Waals surface area (Å²) in [6.45, 7) is 0. The third-order valence-corrected chi connectivity index (χ3v) is 2.22. The summed E-state index contributed by atoms with van der Waals surface area (Å²) in [4.78, 5) is 21.2. The van der Waals surface area contributed by atoms with E-state index in [1.807, 2.05) is 0 Å². The number of carbonyl (C=O) groups is 1. The largest absolute Gasteiger partial charge is 0.451 e. The lowest BCUT2D eigenvalue weighted by Crippen LogP contribution is -2.09. The molecule has 2 N–H and O–H groups in total. The van der Waals surface area contributed by atoms with Gasteiger partial charge in [0.05, 0.1) is 10.5 Å². The van der Waals surface area contributed by atoms with Gasteiger partial charge in [0.15, 0.2) is 5.76 Å². The summed E-state index contributed by atoms with van der Waals surface area (Å²) in [6.07, 6.45) is 0. The van der Waals surface area contributed by atoms with E-state index >= 15 is 0 Å². The summed E-state index contributed by atoms with van der Waals surface area (Å²) in [5, 5.41) is 10.8. The molecule has 6 heteroatoms. The first kappa shape index (κ1) is 10.9. The third kappa shape index (κ3) is 2.00. The highest BCUT2D eigenvalue weighted by molar-refractivity contribution is 5.90. The molecule has 0 spiro atoms. The highest BCUT2D eigenvalue weighted by Gasteiger charge is 2.18. The van der Waals surface area contributed by atoms with Gasteiger partial charge >= 0.3 is 0 Å². The van der Waals surface area contributed by atoms with Gasteiger partial charge in [-0.25, -0.2) is 0 Å². The Morgan fingerprint density at radius 2 is 1.94 bits per heavy atom. The van der Waals surface area contributed by atoms with E-state index in [4.69, 9.17) is 10.2 Å². The first-order chi connectivity index (χ1) is 8.09. The molecule has 0 aliphatic heterocycles. The summed E-state index contributed by atoms with van der Waals surface area (Å²) < 4.78 is 5.14. The number of hydrogen-bond acceptors (Lipinski definition) is 4. The third-order valence-electron chi connectivity index (χ3n) is 2.22. The predicted octanol–water partition coefficient (Wildman–Crippen LogP) is 1.95. The molecule has 0 atom stereocenters. The van der Waals surface area contributed by atoms with Crippen LogP contribution in [0.1, 0.15) is 10.6 Å². The zero-order chi connectivity index (χ0) is 12.4. The molecule has 0 aliphatic rings. The van der Waals surface area contributed by atoms with Crippen LogP contribution >= 0.6 is 0 Å². The van der Waals surface area contributed by atoms with Gasteiger partial charge in [-0.3, -0.25) is 14.9 Å². The fourth-order valence-corrected chi connectivity index (χ4v) is 1.46. The molecule has 86 valence electrons. The molecule has 0 fully saturated rings. The van der Waals surface area contributed by atoms with Crippen molar-refractivity contribution in [3.8, 4) is 11.3 Å². The lowest BCUT2D eigenvalue weighted by molar-refractivity contribution is -0.384. The molecule has 0 saturated carbocycles. The van der Waals surface area contributed by atoms with E-state index in [2.05, 4.69) is 0 Å². The molecular formula is C11H8N2O4. The molecule has 1 amide bonds. The van der Waals surface area contributed by atoms with Crippen molar-refractivity contribution in [2.24, 2.45) is 5.73 Å². The van der Waals surface area contributed by atoms with Gasteiger partial charge < -0.3 is 10.2 Å². The van der Waals surface area contributed by atoms with E-state index in [0.717, 1.165) is 0 Å². The average molecular weight is 232 g/mol. The van der Waals surface area contributed by atoms with E-state index in [1.54, 1.807) is 18.2 Å². The second-order valence-corrected chi connectivity index (χ2v) is 3.30. The molecule has 0 bridgehead atoms. The number of nitrogens with zero attached hydrogens (tertiary/aromatic N) is 1. The maximum absolute atomic E-state index is 10.9. The summed E-state index contributed by atoms with van der Waals surface area (Å²) in [5.41, 5.74) is 5.26. The fraction of sp³-hybridized carbons (Fsp3) is 0. The Morgan fingerprint density at radius 3 is 2.53 bits per heavy atom. The van der Waals surface area contributed by atoms with Crippen molar-refractivity contribution in [2.45, 2.75) is 0 Å². The monoisotopic (exact) mass is 232 g/mol. The molecule has 1 heterocycles. The zero-order valence-electron chi connectivity index (χ0n) is 8.62. The summed E-state index contributed by atoms with van der Waals surface area (Å²) in [7, 11) is 0. The zero-order valence-corrected chi connectivity index (χ0v) is 8.62. The van der Waals surface area contributed by atoms with E-state index in [9.17, 15) is 14.9 Å². The SMILES string of the molecule is NC(=O)c1ccc(-c2ccccc2[N+](=O)[O-])o1. The van der Waals surface area contributed by atoms with Crippen LogP contribution in [0.2, 0.25) is 0 Å². The van der Waals surface area contributed by atoms with E-state index in [0.29, 0.717) is 5.56 Å². The molecule has 17 heavy (non-hydrogen) atoms. The number of primary amides is 1. The quantitative estimate of drug-likeness (QED) is 0.645. The first-order valence-electron chi connectivity index (χ1n) is 4.73. The summed E-state index contributed by atoms with van der Waals surface area (Å²) in [6, 6.07) is 8.97. The van der Waals surface area contributed by atoms with Gasteiger partial charge in [-0.15, -0.1) is 0 Å². The Morgan fingerprint density at radius 1 is 1.24 bits per heavy atom. The number of benzene rings is 1. The van der Waals surface area contributed by atoms with Crippen LogP contribution in [0.5, 0.6) is 0 Å². The Hall–Kier alpha value is -2.63. The Labute approximate surface area is 95.8 Å². The number of nitrogens with two attached hydrogens (primary N) is 1. The molecule has 0 aliphatic carbocycles. The van der Waals surface area contributed by atoms with E-state index < -0.39 is 10.8 Å². The van der Waals surface area contributed by atoms with Crippen molar-refractivity contribution < 1.29 is 14.1 Å². The smallest absolute Gasteiger partial charge is 0.284 e. The van der Waals surface area contributed by atoms with E-state index in [1.165, 1.54) is 18.2 Å². The highest BCUT2D eigenvalue weighted by Crippen LogP contribution is 2.30. The number of para-hydroxylation sites is 1. The molecule has 6 nitrogen and oxygen atoms in total. The van der Waals surface area contributed by atoms with Crippen molar-refractivity contribution in [2.75, 3.05) is 0 Å². The number of amides is 1. The molecular weight excluding hydrogens is 224 g/mol. The van der Waals surface area contributed by atoms with Gasteiger partial charge in [-0.1, -0.05) is 12.1 Å². The van der Waals surface area contributed by atoms with Crippen LogP contribution in [0.4, 0.5) is 5.69 Å². The summed E-state index contributed by atoms with van der Waals surface area (Å²) in [5.74, 6) is -0.501. The molecule has 2 rings (SSSR count). The second-order valence-electron chi connectivity index (χ2n) is 3.30. The maximum atomic E-state index is 10.9. The molecule has 2 aromatic rings. The lowest BCUT2D eigenvalue weighted by atomic mass is 10.1. The van der Waals surface area contributed by atoms with Crippen molar-refractivity contribution in [3.63, 3.8) is 0 Å². The lowest BCUT2D eigenvalue weighted by Gasteiger charge is -1.98. The van der Waals surface area contributed by atoms with Crippen LogP contribution in [0.25, 0.3) is 11.3 Å². The minimum atomic E-state index is -0.713. The molecule has 0 radical (unpaired) electrons. The molecule has 1 aromatic heterocycles. The van der Waals surface area contributed by atoms with Gasteiger partial charge in [0.2, 0.25) is 0 Å². The van der Waals surface area contributed by atoms with E-state index in [-0.39, 0.29) is 17.2 Å². The van der Waals surface area contributed by atoms with Gasteiger partial charge in [-0.05, 0) is 18.2 Å². The number of rotatable bonds is 3. The van der Waals surface area contributed by atoms with Crippen LogP contribution in [-0.4, -0.2) is 10.8 Å². The first-order valence-corrected chi connectivity index (χ1v) is 4.73.